The van der Waals surface area contributed by atoms with Gasteiger partial charge in [0.15, 0.2) is 0 Å². The highest BCUT2D eigenvalue weighted by Crippen LogP contribution is 2.26. The fourth-order valence-corrected chi connectivity index (χ4v) is 1.26. The molecule has 0 aromatic carbocycles. The number of anilines is 2. The second kappa shape index (κ2) is 4.43. The van der Waals surface area contributed by atoms with E-state index in [1.54, 1.807) is 6.92 Å². The summed E-state index contributed by atoms with van der Waals surface area (Å²) < 4.78 is 0. The lowest BCUT2D eigenvalue weighted by Gasteiger charge is -2.18. The lowest BCUT2D eigenvalue weighted by Crippen LogP contribution is -2.23. The van der Waals surface area contributed by atoms with Gasteiger partial charge in [-0.3, -0.25) is 0 Å². The van der Waals surface area contributed by atoms with E-state index in [9.17, 15) is 10.2 Å². The van der Waals surface area contributed by atoms with Gasteiger partial charge in [0.1, 0.15) is 18.0 Å². The van der Waals surface area contributed by atoms with Gasteiger partial charge in [-0.1, -0.05) is 0 Å². The maximum atomic E-state index is 9.64. The molecule has 1 heterocycles. The van der Waals surface area contributed by atoms with Gasteiger partial charge in [-0.2, -0.15) is 0 Å². The average Bonchev–Trinajstić information content (AvgIpc) is 2.24. The number of aliphatic hydroxyl groups excluding tert-OH is 3. The number of nitrogens with two attached hydrogens (primary N) is 2. The van der Waals surface area contributed by atoms with Crippen molar-refractivity contribution >= 4 is 11.5 Å². The highest BCUT2D eigenvalue weighted by molar-refractivity contribution is 5.64. The minimum atomic E-state index is -1.26. The SMILES string of the molecule is Cc1c(C(O)C(O)CO)cnc(N)c1N. The number of aliphatic hydroxyl groups is 3. The Hall–Kier alpha value is -1.37. The smallest absolute Gasteiger partial charge is 0.146 e. The third-order valence-corrected chi connectivity index (χ3v) is 2.33. The molecule has 0 spiro atoms. The van der Waals surface area contributed by atoms with Crippen molar-refractivity contribution in [2.75, 3.05) is 18.1 Å². The summed E-state index contributed by atoms with van der Waals surface area (Å²) >= 11 is 0. The zero-order valence-corrected chi connectivity index (χ0v) is 8.38. The predicted octanol–water partition coefficient (Wildman–Crippen LogP) is -1.06. The van der Waals surface area contributed by atoms with Gasteiger partial charge in [-0.25, -0.2) is 4.98 Å². The first-order valence-electron chi connectivity index (χ1n) is 4.46. The van der Waals surface area contributed by atoms with E-state index in [0.717, 1.165) is 0 Å². The van der Waals surface area contributed by atoms with Crippen LogP contribution in [0.1, 0.15) is 17.2 Å². The lowest BCUT2D eigenvalue weighted by atomic mass is 10.0. The normalized spacial score (nSPS) is 14.9. The monoisotopic (exact) mass is 213 g/mol. The first-order chi connectivity index (χ1) is 6.99. The average molecular weight is 213 g/mol. The van der Waals surface area contributed by atoms with E-state index < -0.39 is 18.8 Å². The number of nitrogens with zero attached hydrogens (tertiary/aromatic N) is 1. The Labute approximate surface area is 87.2 Å². The number of rotatable bonds is 3. The van der Waals surface area contributed by atoms with Gasteiger partial charge in [0.2, 0.25) is 0 Å². The van der Waals surface area contributed by atoms with E-state index in [1.807, 2.05) is 0 Å². The molecule has 2 unspecified atom stereocenters. The number of hydrogen-bond donors (Lipinski definition) is 5. The topological polar surface area (TPSA) is 126 Å². The van der Waals surface area contributed by atoms with Crippen molar-refractivity contribution in [3.8, 4) is 0 Å². The Morgan fingerprint density at radius 3 is 2.53 bits per heavy atom. The Morgan fingerprint density at radius 1 is 1.40 bits per heavy atom. The van der Waals surface area contributed by atoms with Crippen LogP contribution in [0.25, 0.3) is 0 Å². The van der Waals surface area contributed by atoms with Crippen LogP contribution in [0.2, 0.25) is 0 Å². The molecule has 0 aliphatic carbocycles. The zero-order chi connectivity index (χ0) is 11.6. The van der Waals surface area contributed by atoms with Crippen molar-refractivity contribution in [2.45, 2.75) is 19.1 Å². The molecule has 1 aromatic heterocycles. The summed E-state index contributed by atoms with van der Waals surface area (Å²) in [5, 5.41) is 27.6. The zero-order valence-electron chi connectivity index (χ0n) is 8.38. The molecule has 0 saturated carbocycles. The molecule has 0 bridgehead atoms. The molecule has 0 aliphatic rings. The van der Waals surface area contributed by atoms with Crippen LogP contribution in [-0.4, -0.2) is 33.0 Å². The number of hydrogen-bond acceptors (Lipinski definition) is 6. The molecule has 1 rings (SSSR count). The van der Waals surface area contributed by atoms with Crippen molar-refractivity contribution in [2.24, 2.45) is 0 Å². The molecule has 6 heteroatoms. The Kier molecular flexibility index (Phi) is 3.46. The molecule has 84 valence electrons. The van der Waals surface area contributed by atoms with Crippen molar-refractivity contribution in [3.05, 3.63) is 17.3 Å². The van der Waals surface area contributed by atoms with Crippen LogP contribution < -0.4 is 11.5 Å². The molecule has 0 amide bonds. The summed E-state index contributed by atoms with van der Waals surface area (Å²) in [4.78, 5) is 3.78. The maximum Gasteiger partial charge on any atom is 0.146 e. The predicted molar refractivity (Wildman–Crippen MR) is 55.9 cm³/mol. The van der Waals surface area contributed by atoms with Crippen LogP contribution in [-0.2, 0) is 0 Å². The number of aromatic nitrogens is 1. The van der Waals surface area contributed by atoms with Gasteiger partial charge in [-0.15, -0.1) is 0 Å². The number of nitrogen functional groups attached to an aromatic ring is 2. The molecule has 0 saturated heterocycles. The fraction of sp³-hybridized carbons (Fsp3) is 0.444. The molecule has 7 N–H and O–H groups in total. The van der Waals surface area contributed by atoms with E-state index in [4.69, 9.17) is 16.6 Å². The maximum absolute atomic E-state index is 9.64. The van der Waals surface area contributed by atoms with Gasteiger partial charge in [0.05, 0.1) is 12.3 Å². The summed E-state index contributed by atoms with van der Waals surface area (Å²) in [6.45, 7) is 1.13. The van der Waals surface area contributed by atoms with Crippen molar-refractivity contribution in [3.63, 3.8) is 0 Å². The van der Waals surface area contributed by atoms with E-state index in [1.165, 1.54) is 6.20 Å². The Morgan fingerprint density at radius 2 is 2.00 bits per heavy atom. The van der Waals surface area contributed by atoms with E-state index in [-0.39, 0.29) is 11.5 Å². The summed E-state index contributed by atoms with van der Waals surface area (Å²) in [7, 11) is 0. The number of pyridine rings is 1. The van der Waals surface area contributed by atoms with Crippen LogP contribution in [0.4, 0.5) is 11.5 Å². The van der Waals surface area contributed by atoms with E-state index >= 15 is 0 Å². The highest BCUT2D eigenvalue weighted by atomic mass is 16.4. The molecule has 0 aliphatic heterocycles. The summed E-state index contributed by atoms with van der Waals surface area (Å²) in [6.07, 6.45) is -1.14. The second-order valence-corrected chi connectivity index (χ2v) is 3.33. The second-order valence-electron chi connectivity index (χ2n) is 3.33. The highest BCUT2D eigenvalue weighted by Gasteiger charge is 2.21. The molecule has 1 aromatic rings. The Balaban J connectivity index is 3.10. The van der Waals surface area contributed by atoms with Gasteiger partial charge in [0.25, 0.3) is 0 Å². The summed E-state index contributed by atoms with van der Waals surface area (Å²) in [6, 6.07) is 0. The van der Waals surface area contributed by atoms with Gasteiger partial charge < -0.3 is 26.8 Å². The minimum absolute atomic E-state index is 0.182. The van der Waals surface area contributed by atoms with Gasteiger partial charge >= 0.3 is 0 Å². The molecule has 0 fully saturated rings. The molecule has 6 nitrogen and oxygen atoms in total. The van der Waals surface area contributed by atoms with E-state index in [0.29, 0.717) is 11.1 Å². The van der Waals surface area contributed by atoms with Crippen molar-refractivity contribution in [1.82, 2.24) is 4.98 Å². The van der Waals surface area contributed by atoms with Crippen LogP contribution in [0.15, 0.2) is 6.20 Å². The minimum Gasteiger partial charge on any atom is -0.396 e. The quantitative estimate of drug-likeness (QED) is 0.436. The molecule has 0 radical (unpaired) electrons. The third-order valence-electron chi connectivity index (χ3n) is 2.33. The molecular formula is C9H15N3O3. The van der Waals surface area contributed by atoms with Crippen molar-refractivity contribution < 1.29 is 15.3 Å². The van der Waals surface area contributed by atoms with Crippen molar-refractivity contribution in [1.29, 1.82) is 0 Å². The van der Waals surface area contributed by atoms with Crippen LogP contribution in [0.3, 0.4) is 0 Å². The standard InChI is InChI=1S/C9H15N3O3/c1-4-5(8(15)6(14)3-13)2-12-9(11)7(4)10/h2,6,8,13-15H,3,10H2,1H3,(H2,11,12). The molecule has 15 heavy (non-hydrogen) atoms. The van der Waals surface area contributed by atoms with Crippen LogP contribution in [0, 0.1) is 6.92 Å². The first-order valence-corrected chi connectivity index (χ1v) is 4.46. The molecular weight excluding hydrogens is 198 g/mol. The fourth-order valence-electron chi connectivity index (χ4n) is 1.26. The largest absolute Gasteiger partial charge is 0.396 e. The lowest BCUT2D eigenvalue weighted by molar-refractivity contribution is -0.0156. The first kappa shape index (κ1) is 11.7. The summed E-state index contributed by atoms with van der Waals surface area (Å²) in [5.74, 6) is 0.182. The van der Waals surface area contributed by atoms with Gasteiger partial charge in [-0.05, 0) is 12.5 Å². The van der Waals surface area contributed by atoms with Gasteiger partial charge in [0, 0.05) is 11.8 Å². The molecule has 2 atom stereocenters. The van der Waals surface area contributed by atoms with Crippen LogP contribution >= 0.6 is 0 Å². The Bertz CT molecular complexity index is 357. The third kappa shape index (κ3) is 2.17. The summed E-state index contributed by atoms with van der Waals surface area (Å²) in [5.41, 5.74) is 12.3. The van der Waals surface area contributed by atoms with E-state index in [2.05, 4.69) is 4.98 Å². The van der Waals surface area contributed by atoms with Crippen LogP contribution in [0.5, 0.6) is 0 Å².